The molecule has 0 aliphatic rings. The van der Waals surface area contributed by atoms with E-state index in [1.165, 1.54) is 5.56 Å². The highest BCUT2D eigenvalue weighted by Gasteiger charge is 2.09. The largest absolute Gasteiger partial charge is 0.351 e. The van der Waals surface area contributed by atoms with E-state index in [9.17, 15) is 0 Å². The van der Waals surface area contributed by atoms with Crippen LogP contribution < -0.4 is 10.2 Å². The van der Waals surface area contributed by atoms with Gasteiger partial charge >= 0.3 is 0 Å². The monoisotopic (exact) mass is 353 g/mol. The maximum absolute atomic E-state index is 6.18. The van der Waals surface area contributed by atoms with Crippen molar-refractivity contribution < 1.29 is 0 Å². The Bertz CT molecular complexity index is 810. The Morgan fingerprint density at radius 3 is 2.56 bits per heavy atom. The lowest BCUT2D eigenvalue weighted by molar-refractivity contribution is 0.796. The number of nitrogens with one attached hydrogen (secondary N) is 1. The predicted molar refractivity (Wildman–Crippen MR) is 102 cm³/mol. The van der Waals surface area contributed by atoms with Gasteiger partial charge in [0.1, 0.15) is 0 Å². The van der Waals surface area contributed by atoms with Crippen molar-refractivity contribution in [1.29, 1.82) is 0 Å². The summed E-state index contributed by atoms with van der Waals surface area (Å²) in [7, 11) is 0. The lowest BCUT2D eigenvalue weighted by atomic mass is 10.2. The summed E-state index contributed by atoms with van der Waals surface area (Å²) in [5, 5.41) is 12.1. The first-order chi connectivity index (χ1) is 12.3. The van der Waals surface area contributed by atoms with Gasteiger partial charge in [-0.2, -0.15) is 10.1 Å². The molecule has 1 aromatic heterocycles. The van der Waals surface area contributed by atoms with E-state index < -0.39 is 0 Å². The van der Waals surface area contributed by atoms with E-state index in [4.69, 9.17) is 11.6 Å². The smallest absolute Gasteiger partial charge is 0.244 e. The summed E-state index contributed by atoms with van der Waals surface area (Å²) in [5.41, 5.74) is 2.23. The fraction of sp³-hybridized carbons (Fsp3) is 0.211. The van der Waals surface area contributed by atoms with Crippen LogP contribution >= 0.6 is 11.6 Å². The summed E-state index contributed by atoms with van der Waals surface area (Å²) in [6, 6.07) is 18.0. The average Bonchev–Trinajstić information content (AvgIpc) is 2.66. The Balaban J connectivity index is 1.70. The zero-order valence-corrected chi connectivity index (χ0v) is 14.8. The predicted octanol–water partition coefficient (Wildman–Crippen LogP) is 4.16. The molecule has 0 radical (unpaired) electrons. The Morgan fingerprint density at radius 1 is 1.04 bits per heavy atom. The van der Waals surface area contributed by atoms with Gasteiger partial charge in [0, 0.05) is 24.7 Å². The van der Waals surface area contributed by atoms with Gasteiger partial charge in [-0.15, -0.1) is 5.10 Å². The van der Waals surface area contributed by atoms with Crippen molar-refractivity contribution in [3.05, 3.63) is 76.9 Å². The first-order valence-electron chi connectivity index (χ1n) is 8.22. The minimum atomic E-state index is 0.490. The molecular weight excluding hydrogens is 334 g/mol. The summed E-state index contributed by atoms with van der Waals surface area (Å²) < 4.78 is 0. The molecule has 1 N–H and O–H groups in total. The second-order valence-electron chi connectivity index (χ2n) is 5.58. The first-order valence-corrected chi connectivity index (χ1v) is 8.60. The van der Waals surface area contributed by atoms with Crippen molar-refractivity contribution in [1.82, 2.24) is 15.2 Å². The number of nitrogens with zero attached hydrogens (tertiary/aromatic N) is 4. The van der Waals surface area contributed by atoms with E-state index in [1.807, 2.05) is 42.5 Å². The Hall–Kier alpha value is -2.66. The van der Waals surface area contributed by atoms with Gasteiger partial charge in [-0.1, -0.05) is 60.1 Å². The molecule has 0 fully saturated rings. The zero-order chi connectivity index (χ0) is 17.5. The SMILES string of the molecule is CCN(Cc1ccccc1)c1cnnc(NCc2ccccc2Cl)n1. The molecule has 5 nitrogen and oxygen atoms in total. The van der Waals surface area contributed by atoms with E-state index in [1.54, 1.807) is 6.20 Å². The molecule has 0 saturated heterocycles. The van der Waals surface area contributed by atoms with E-state index >= 15 is 0 Å². The van der Waals surface area contributed by atoms with E-state index in [-0.39, 0.29) is 0 Å². The number of rotatable bonds is 7. The van der Waals surface area contributed by atoms with E-state index in [0.29, 0.717) is 12.5 Å². The van der Waals surface area contributed by atoms with E-state index in [2.05, 4.69) is 44.5 Å². The highest BCUT2D eigenvalue weighted by Crippen LogP contribution is 2.17. The lowest BCUT2D eigenvalue weighted by Gasteiger charge is -2.21. The molecule has 128 valence electrons. The highest BCUT2D eigenvalue weighted by atomic mass is 35.5. The summed E-state index contributed by atoms with van der Waals surface area (Å²) in [6.07, 6.45) is 1.69. The fourth-order valence-electron chi connectivity index (χ4n) is 2.50. The molecule has 0 saturated carbocycles. The van der Waals surface area contributed by atoms with Crippen LogP contribution in [-0.2, 0) is 13.1 Å². The maximum atomic E-state index is 6.18. The quantitative estimate of drug-likeness (QED) is 0.691. The molecule has 3 aromatic rings. The van der Waals surface area contributed by atoms with Crippen LogP contribution in [0.3, 0.4) is 0 Å². The molecule has 0 amide bonds. The Labute approximate surface area is 152 Å². The van der Waals surface area contributed by atoms with Crippen molar-refractivity contribution in [2.24, 2.45) is 0 Å². The van der Waals surface area contributed by atoms with Crippen LogP contribution in [0.25, 0.3) is 0 Å². The van der Waals surface area contributed by atoms with Gasteiger partial charge in [-0.05, 0) is 24.1 Å². The standard InChI is InChI=1S/C19H20ClN5/c1-2-25(14-15-8-4-3-5-9-15)18-13-22-24-19(23-18)21-12-16-10-6-7-11-17(16)20/h3-11,13H,2,12,14H2,1H3,(H,21,23,24). The third kappa shape index (κ3) is 4.67. The molecule has 3 rings (SSSR count). The molecule has 0 aliphatic heterocycles. The molecule has 0 atom stereocenters. The average molecular weight is 354 g/mol. The summed E-state index contributed by atoms with van der Waals surface area (Å²) >= 11 is 6.18. The Morgan fingerprint density at radius 2 is 1.80 bits per heavy atom. The van der Waals surface area contributed by atoms with Crippen LogP contribution in [0.4, 0.5) is 11.8 Å². The minimum Gasteiger partial charge on any atom is -0.351 e. The molecule has 2 aromatic carbocycles. The molecule has 25 heavy (non-hydrogen) atoms. The van der Waals surface area contributed by atoms with Crippen molar-refractivity contribution in [2.75, 3.05) is 16.8 Å². The summed E-state index contributed by atoms with van der Waals surface area (Å²) in [5.74, 6) is 1.28. The molecule has 0 spiro atoms. The van der Waals surface area contributed by atoms with Crippen LogP contribution in [0.15, 0.2) is 60.8 Å². The number of benzene rings is 2. The molecule has 0 unspecified atom stereocenters. The second kappa shape index (κ2) is 8.44. The van der Waals surface area contributed by atoms with Crippen molar-refractivity contribution >= 4 is 23.4 Å². The lowest BCUT2D eigenvalue weighted by Crippen LogP contribution is -2.24. The van der Waals surface area contributed by atoms with Crippen molar-refractivity contribution in [3.8, 4) is 0 Å². The van der Waals surface area contributed by atoms with Crippen LogP contribution in [0, 0.1) is 0 Å². The third-order valence-electron chi connectivity index (χ3n) is 3.86. The maximum Gasteiger partial charge on any atom is 0.244 e. The molecule has 0 bridgehead atoms. The van der Waals surface area contributed by atoms with E-state index in [0.717, 1.165) is 29.5 Å². The molecule has 0 aliphatic carbocycles. The van der Waals surface area contributed by atoms with Gasteiger partial charge in [0.15, 0.2) is 5.82 Å². The van der Waals surface area contributed by atoms with Crippen LogP contribution in [0.2, 0.25) is 5.02 Å². The molecule has 6 heteroatoms. The number of aromatic nitrogens is 3. The second-order valence-corrected chi connectivity index (χ2v) is 5.99. The normalized spacial score (nSPS) is 10.5. The third-order valence-corrected chi connectivity index (χ3v) is 4.23. The van der Waals surface area contributed by atoms with Crippen molar-refractivity contribution in [2.45, 2.75) is 20.0 Å². The van der Waals surface area contributed by atoms with Gasteiger partial charge in [0.25, 0.3) is 0 Å². The number of halogens is 1. The van der Waals surface area contributed by atoms with Crippen LogP contribution in [-0.4, -0.2) is 21.7 Å². The molecular formula is C19H20ClN5. The molecule has 1 heterocycles. The van der Waals surface area contributed by atoms with Gasteiger partial charge < -0.3 is 10.2 Å². The number of anilines is 2. The van der Waals surface area contributed by atoms with Gasteiger partial charge in [-0.3, -0.25) is 0 Å². The zero-order valence-electron chi connectivity index (χ0n) is 14.1. The summed E-state index contributed by atoms with van der Waals surface area (Å²) in [6.45, 7) is 4.26. The first kappa shape index (κ1) is 17.2. The number of hydrogen-bond donors (Lipinski definition) is 1. The minimum absolute atomic E-state index is 0.490. The fourth-order valence-corrected chi connectivity index (χ4v) is 2.70. The van der Waals surface area contributed by atoms with Gasteiger partial charge in [0.2, 0.25) is 5.95 Å². The number of hydrogen-bond acceptors (Lipinski definition) is 5. The highest BCUT2D eigenvalue weighted by molar-refractivity contribution is 6.31. The summed E-state index contributed by atoms with van der Waals surface area (Å²) in [4.78, 5) is 6.74. The van der Waals surface area contributed by atoms with Crippen LogP contribution in [0.1, 0.15) is 18.1 Å². The Kier molecular flexibility index (Phi) is 5.80. The van der Waals surface area contributed by atoms with Gasteiger partial charge in [0.05, 0.1) is 6.20 Å². The van der Waals surface area contributed by atoms with Crippen molar-refractivity contribution in [3.63, 3.8) is 0 Å². The van der Waals surface area contributed by atoms with Gasteiger partial charge in [-0.25, -0.2) is 0 Å². The topological polar surface area (TPSA) is 53.9 Å². The van der Waals surface area contributed by atoms with Crippen LogP contribution in [0.5, 0.6) is 0 Å².